The molecule has 1 aliphatic rings. The number of amides is 1. The molecule has 1 aromatic rings. The van der Waals surface area contributed by atoms with Crippen molar-refractivity contribution < 1.29 is 4.79 Å². The van der Waals surface area contributed by atoms with Gasteiger partial charge in [-0.2, -0.15) is 0 Å². The maximum absolute atomic E-state index is 11.8. The Morgan fingerprint density at radius 1 is 1.53 bits per heavy atom. The fourth-order valence-corrected chi connectivity index (χ4v) is 1.99. The van der Waals surface area contributed by atoms with Crippen LogP contribution in [0.15, 0.2) is 30.0 Å². The van der Waals surface area contributed by atoms with Crippen molar-refractivity contribution in [1.29, 1.82) is 0 Å². The fraction of sp³-hybridized carbons (Fsp3) is 0.385. The number of pyridine rings is 1. The Bertz CT molecular complexity index is 440. The van der Waals surface area contributed by atoms with E-state index in [1.807, 2.05) is 0 Å². The van der Waals surface area contributed by atoms with Gasteiger partial charge >= 0.3 is 0 Å². The van der Waals surface area contributed by atoms with Crippen molar-refractivity contribution in [2.45, 2.75) is 25.7 Å². The number of rotatable bonds is 4. The Morgan fingerprint density at radius 3 is 3.12 bits per heavy atom. The lowest BCUT2D eigenvalue weighted by Crippen LogP contribution is -2.26. The van der Waals surface area contributed by atoms with Gasteiger partial charge in [-0.25, -0.2) is 4.98 Å². The van der Waals surface area contributed by atoms with Gasteiger partial charge in [-0.3, -0.25) is 4.79 Å². The van der Waals surface area contributed by atoms with Crippen LogP contribution in [-0.2, 0) is 0 Å². The summed E-state index contributed by atoms with van der Waals surface area (Å²) in [6.45, 7) is 0.653. The highest BCUT2D eigenvalue weighted by atomic mass is 16.1. The lowest BCUT2D eigenvalue weighted by molar-refractivity contribution is 0.0950. The van der Waals surface area contributed by atoms with Crippen LogP contribution in [0.1, 0.15) is 36.2 Å². The summed E-state index contributed by atoms with van der Waals surface area (Å²) >= 11 is 0. The van der Waals surface area contributed by atoms with Crippen LogP contribution >= 0.6 is 0 Å². The number of nitrogens with two attached hydrogens (primary N) is 1. The SMILES string of the molecule is Nc1cccnc1C(=O)NCCC1=CCCC1. The summed E-state index contributed by atoms with van der Waals surface area (Å²) in [7, 11) is 0. The first-order chi connectivity index (χ1) is 8.27. The number of anilines is 1. The highest BCUT2D eigenvalue weighted by Crippen LogP contribution is 2.19. The summed E-state index contributed by atoms with van der Waals surface area (Å²) in [5.41, 5.74) is 7.86. The largest absolute Gasteiger partial charge is 0.397 e. The molecule has 17 heavy (non-hydrogen) atoms. The maximum Gasteiger partial charge on any atom is 0.272 e. The molecule has 4 nitrogen and oxygen atoms in total. The van der Waals surface area contributed by atoms with Gasteiger partial charge in [-0.05, 0) is 37.8 Å². The molecule has 4 heteroatoms. The predicted molar refractivity (Wildman–Crippen MR) is 67.5 cm³/mol. The van der Waals surface area contributed by atoms with Gasteiger partial charge in [-0.15, -0.1) is 0 Å². The van der Waals surface area contributed by atoms with Crippen molar-refractivity contribution in [1.82, 2.24) is 10.3 Å². The molecule has 0 spiro atoms. The molecule has 1 aromatic heterocycles. The minimum absolute atomic E-state index is 0.193. The predicted octanol–water partition coefficient (Wildman–Crippen LogP) is 1.89. The highest BCUT2D eigenvalue weighted by molar-refractivity contribution is 5.96. The highest BCUT2D eigenvalue weighted by Gasteiger charge is 2.10. The molecule has 90 valence electrons. The van der Waals surface area contributed by atoms with E-state index < -0.39 is 0 Å². The quantitative estimate of drug-likeness (QED) is 0.777. The van der Waals surface area contributed by atoms with E-state index in [9.17, 15) is 4.79 Å². The summed E-state index contributed by atoms with van der Waals surface area (Å²) in [4.78, 5) is 15.7. The Morgan fingerprint density at radius 2 is 2.41 bits per heavy atom. The second kappa shape index (κ2) is 5.48. The normalized spacial score (nSPS) is 14.5. The number of allylic oxidation sites excluding steroid dienone is 1. The minimum Gasteiger partial charge on any atom is -0.397 e. The lowest BCUT2D eigenvalue weighted by Gasteiger charge is -2.06. The molecule has 2 rings (SSSR count). The van der Waals surface area contributed by atoms with Crippen LogP contribution in [0.4, 0.5) is 5.69 Å². The second-order valence-electron chi connectivity index (χ2n) is 4.20. The van der Waals surface area contributed by atoms with Gasteiger partial charge in [0.05, 0.1) is 5.69 Å². The van der Waals surface area contributed by atoms with E-state index in [4.69, 9.17) is 5.73 Å². The summed E-state index contributed by atoms with van der Waals surface area (Å²) in [6, 6.07) is 3.40. The van der Waals surface area contributed by atoms with Gasteiger partial charge in [0.15, 0.2) is 5.69 Å². The molecular formula is C13H17N3O. The number of aromatic nitrogens is 1. The van der Waals surface area contributed by atoms with E-state index >= 15 is 0 Å². The van der Waals surface area contributed by atoms with Crippen molar-refractivity contribution in [2.75, 3.05) is 12.3 Å². The molecule has 0 saturated heterocycles. The van der Waals surface area contributed by atoms with Gasteiger partial charge < -0.3 is 11.1 Å². The van der Waals surface area contributed by atoms with Crippen LogP contribution in [0, 0.1) is 0 Å². The number of hydrogen-bond acceptors (Lipinski definition) is 3. The third-order valence-electron chi connectivity index (χ3n) is 2.92. The molecule has 1 heterocycles. The monoisotopic (exact) mass is 231 g/mol. The van der Waals surface area contributed by atoms with Crippen LogP contribution in [0.25, 0.3) is 0 Å². The van der Waals surface area contributed by atoms with E-state index in [0.717, 1.165) is 6.42 Å². The van der Waals surface area contributed by atoms with Crippen LogP contribution < -0.4 is 11.1 Å². The number of nitrogens with one attached hydrogen (secondary N) is 1. The first-order valence-electron chi connectivity index (χ1n) is 5.94. The molecule has 0 aliphatic heterocycles. The Labute approximate surface area is 101 Å². The first kappa shape index (κ1) is 11.6. The average molecular weight is 231 g/mol. The molecule has 0 fully saturated rings. The van der Waals surface area contributed by atoms with Crippen molar-refractivity contribution in [3.05, 3.63) is 35.7 Å². The molecule has 0 radical (unpaired) electrons. The number of carbonyl (C=O) groups is 1. The molecular weight excluding hydrogens is 214 g/mol. The van der Waals surface area contributed by atoms with Gasteiger partial charge in [0.25, 0.3) is 5.91 Å². The summed E-state index contributed by atoms with van der Waals surface area (Å²) in [5, 5.41) is 2.84. The molecule has 1 aliphatic carbocycles. The molecule has 0 atom stereocenters. The third-order valence-corrected chi connectivity index (χ3v) is 2.92. The molecule has 0 bridgehead atoms. The fourth-order valence-electron chi connectivity index (χ4n) is 1.99. The minimum atomic E-state index is -0.193. The summed E-state index contributed by atoms with van der Waals surface area (Å²) in [6.07, 6.45) is 8.36. The summed E-state index contributed by atoms with van der Waals surface area (Å²) in [5.74, 6) is -0.193. The zero-order chi connectivity index (χ0) is 12.1. The second-order valence-corrected chi connectivity index (χ2v) is 4.20. The molecule has 0 aromatic carbocycles. The van der Waals surface area contributed by atoms with Crippen LogP contribution in [-0.4, -0.2) is 17.4 Å². The van der Waals surface area contributed by atoms with Crippen molar-refractivity contribution in [3.63, 3.8) is 0 Å². The first-order valence-corrected chi connectivity index (χ1v) is 5.94. The topological polar surface area (TPSA) is 68.0 Å². The molecule has 0 unspecified atom stereocenters. The maximum atomic E-state index is 11.8. The van der Waals surface area contributed by atoms with E-state index in [1.165, 1.54) is 24.8 Å². The number of hydrogen-bond donors (Lipinski definition) is 2. The standard InChI is InChI=1S/C13H17N3O/c14-11-6-3-8-15-12(11)13(17)16-9-7-10-4-1-2-5-10/h3-4,6,8H,1-2,5,7,9,14H2,(H,16,17). The van der Waals surface area contributed by atoms with E-state index in [-0.39, 0.29) is 5.91 Å². The van der Waals surface area contributed by atoms with E-state index in [2.05, 4.69) is 16.4 Å². The molecule has 3 N–H and O–H groups in total. The Kier molecular flexibility index (Phi) is 3.75. The summed E-state index contributed by atoms with van der Waals surface area (Å²) < 4.78 is 0. The number of carbonyl (C=O) groups excluding carboxylic acids is 1. The Balaban J connectivity index is 1.83. The van der Waals surface area contributed by atoms with E-state index in [0.29, 0.717) is 17.9 Å². The van der Waals surface area contributed by atoms with Gasteiger partial charge in [-0.1, -0.05) is 11.6 Å². The third kappa shape index (κ3) is 3.06. The van der Waals surface area contributed by atoms with Gasteiger partial charge in [0, 0.05) is 12.7 Å². The van der Waals surface area contributed by atoms with Crippen molar-refractivity contribution in [2.24, 2.45) is 0 Å². The number of nitrogen functional groups attached to an aromatic ring is 1. The lowest BCUT2D eigenvalue weighted by atomic mass is 10.1. The smallest absolute Gasteiger partial charge is 0.272 e. The van der Waals surface area contributed by atoms with Crippen molar-refractivity contribution in [3.8, 4) is 0 Å². The van der Waals surface area contributed by atoms with Crippen molar-refractivity contribution >= 4 is 11.6 Å². The molecule has 1 amide bonds. The molecule has 0 saturated carbocycles. The van der Waals surface area contributed by atoms with Crippen LogP contribution in [0.3, 0.4) is 0 Å². The zero-order valence-corrected chi connectivity index (χ0v) is 9.78. The average Bonchev–Trinajstić information content (AvgIpc) is 2.82. The number of nitrogens with zero attached hydrogens (tertiary/aromatic N) is 1. The van der Waals surface area contributed by atoms with Crippen LogP contribution in [0.2, 0.25) is 0 Å². The van der Waals surface area contributed by atoms with Gasteiger partial charge in [0.1, 0.15) is 0 Å². The van der Waals surface area contributed by atoms with E-state index in [1.54, 1.807) is 18.3 Å². The zero-order valence-electron chi connectivity index (χ0n) is 9.78. The van der Waals surface area contributed by atoms with Crippen LogP contribution in [0.5, 0.6) is 0 Å². The van der Waals surface area contributed by atoms with Gasteiger partial charge in [0.2, 0.25) is 0 Å². The Hall–Kier alpha value is -1.84.